The first-order valence-electron chi connectivity index (χ1n) is 4.02. The third-order valence-corrected chi connectivity index (χ3v) is 2.65. The van der Waals surface area contributed by atoms with Gasteiger partial charge in [0.25, 0.3) is 0 Å². The molecule has 1 rings (SSSR count). The molecule has 0 heterocycles. The number of carboxylic acids is 1. The molecule has 0 saturated carbocycles. The fraction of sp³-hybridized carbons (Fsp3) is 0.300. The predicted octanol–water partition coefficient (Wildman–Crippen LogP) is 2.77. The van der Waals surface area contributed by atoms with Crippen molar-refractivity contribution in [2.24, 2.45) is 0 Å². The molecule has 0 radical (unpaired) electrons. The minimum atomic E-state index is -0.786. The van der Waals surface area contributed by atoms with Gasteiger partial charge in [0.2, 0.25) is 0 Å². The fourth-order valence-electron chi connectivity index (χ4n) is 1.04. The number of halogens is 1. The zero-order chi connectivity index (χ0) is 9.84. The molecule has 1 aromatic rings. The Morgan fingerprint density at radius 2 is 2.00 bits per heavy atom. The lowest BCUT2D eigenvalue weighted by molar-refractivity contribution is -0.138. The SMILES string of the molecule is C[C@@H](C(=O)O)c1ccc(CBr)cc1. The van der Waals surface area contributed by atoms with Gasteiger partial charge in [-0.2, -0.15) is 0 Å². The molecule has 1 N–H and O–H groups in total. The quantitative estimate of drug-likeness (QED) is 0.829. The number of alkyl halides is 1. The van der Waals surface area contributed by atoms with Crippen molar-refractivity contribution in [2.45, 2.75) is 18.2 Å². The third kappa shape index (κ3) is 2.56. The molecule has 1 aromatic carbocycles. The summed E-state index contributed by atoms with van der Waals surface area (Å²) in [6, 6.07) is 7.58. The maximum Gasteiger partial charge on any atom is 0.310 e. The molecule has 0 aromatic heterocycles. The summed E-state index contributed by atoms with van der Waals surface area (Å²) in [5.74, 6) is -1.21. The van der Waals surface area contributed by atoms with Crippen molar-refractivity contribution in [3.8, 4) is 0 Å². The molecule has 0 bridgehead atoms. The minimum absolute atomic E-state index is 0.427. The van der Waals surface area contributed by atoms with Crippen LogP contribution in [0.1, 0.15) is 24.0 Å². The van der Waals surface area contributed by atoms with Crippen molar-refractivity contribution in [3.05, 3.63) is 35.4 Å². The van der Waals surface area contributed by atoms with Crippen LogP contribution < -0.4 is 0 Å². The van der Waals surface area contributed by atoms with Crippen molar-refractivity contribution >= 4 is 21.9 Å². The number of carboxylic acid groups (broad SMARTS) is 1. The highest BCUT2D eigenvalue weighted by atomic mass is 79.9. The third-order valence-electron chi connectivity index (χ3n) is 2.00. The van der Waals surface area contributed by atoms with E-state index >= 15 is 0 Å². The average molecular weight is 243 g/mol. The minimum Gasteiger partial charge on any atom is -0.481 e. The maximum atomic E-state index is 10.6. The highest BCUT2D eigenvalue weighted by Gasteiger charge is 2.12. The van der Waals surface area contributed by atoms with Crippen molar-refractivity contribution in [1.29, 1.82) is 0 Å². The summed E-state index contributed by atoms with van der Waals surface area (Å²) < 4.78 is 0. The van der Waals surface area contributed by atoms with Gasteiger partial charge in [0.05, 0.1) is 5.92 Å². The van der Waals surface area contributed by atoms with E-state index in [9.17, 15) is 4.79 Å². The Bertz CT molecular complexity index is 292. The highest BCUT2D eigenvalue weighted by molar-refractivity contribution is 9.08. The molecule has 2 nitrogen and oxygen atoms in total. The normalized spacial score (nSPS) is 12.5. The first kappa shape index (κ1) is 10.3. The lowest BCUT2D eigenvalue weighted by atomic mass is 10.0. The number of aliphatic carboxylic acids is 1. The second kappa shape index (κ2) is 4.42. The predicted molar refractivity (Wildman–Crippen MR) is 55.1 cm³/mol. The first-order valence-corrected chi connectivity index (χ1v) is 5.15. The largest absolute Gasteiger partial charge is 0.481 e. The van der Waals surface area contributed by atoms with E-state index in [-0.39, 0.29) is 0 Å². The first-order chi connectivity index (χ1) is 6.15. The summed E-state index contributed by atoms with van der Waals surface area (Å²) in [6.07, 6.45) is 0. The fourth-order valence-corrected chi connectivity index (χ4v) is 1.41. The Hall–Kier alpha value is -0.830. The van der Waals surface area contributed by atoms with E-state index in [2.05, 4.69) is 15.9 Å². The van der Waals surface area contributed by atoms with Crippen LogP contribution in [0, 0.1) is 0 Å². The number of rotatable bonds is 3. The standard InChI is InChI=1S/C10H11BrO2/c1-7(10(12)13)9-4-2-8(6-11)3-5-9/h2-5,7H,6H2,1H3,(H,12,13)/t7-/m1/s1. The van der Waals surface area contributed by atoms with Crippen LogP contribution in [0.4, 0.5) is 0 Å². The van der Waals surface area contributed by atoms with Crippen LogP contribution in [0.5, 0.6) is 0 Å². The van der Waals surface area contributed by atoms with E-state index in [4.69, 9.17) is 5.11 Å². The van der Waals surface area contributed by atoms with Crippen LogP contribution in [0.2, 0.25) is 0 Å². The Morgan fingerprint density at radius 3 is 2.38 bits per heavy atom. The molecule has 0 aliphatic heterocycles. The molecule has 0 saturated heterocycles. The van der Waals surface area contributed by atoms with Gasteiger partial charge in [0.1, 0.15) is 0 Å². The van der Waals surface area contributed by atoms with Gasteiger partial charge in [-0.1, -0.05) is 40.2 Å². The van der Waals surface area contributed by atoms with Crippen LogP contribution in [-0.2, 0) is 10.1 Å². The molecule has 1 atom stereocenters. The van der Waals surface area contributed by atoms with E-state index in [1.54, 1.807) is 6.92 Å². The molecular weight excluding hydrogens is 232 g/mol. The molecule has 0 aliphatic rings. The second-order valence-corrected chi connectivity index (χ2v) is 3.50. The molecule has 0 unspecified atom stereocenters. The van der Waals surface area contributed by atoms with Crippen molar-refractivity contribution < 1.29 is 9.90 Å². The van der Waals surface area contributed by atoms with Crippen LogP contribution in [-0.4, -0.2) is 11.1 Å². The Morgan fingerprint density at radius 1 is 1.46 bits per heavy atom. The van der Waals surface area contributed by atoms with Crippen LogP contribution in [0.15, 0.2) is 24.3 Å². The van der Waals surface area contributed by atoms with Gasteiger partial charge in [-0.15, -0.1) is 0 Å². The topological polar surface area (TPSA) is 37.3 Å². The van der Waals surface area contributed by atoms with Crippen LogP contribution in [0.3, 0.4) is 0 Å². The molecule has 0 spiro atoms. The van der Waals surface area contributed by atoms with E-state index < -0.39 is 11.9 Å². The second-order valence-electron chi connectivity index (χ2n) is 2.94. The molecular formula is C10H11BrO2. The van der Waals surface area contributed by atoms with Crippen molar-refractivity contribution in [1.82, 2.24) is 0 Å². The van der Waals surface area contributed by atoms with E-state index in [1.807, 2.05) is 24.3 Å². The van der Waals surface area contributed by atoms with Crippen molar-refractivity contribution in [2.75, 3.05) is 0 Å². The van der Waals surface area contributed by atoms with E-state index in [1.165, 1.54) is 0 Å². The van der Waals surface area contributed by atoms with Gasteiger partial charge in [0, 0.05) is 5.33 Å². The number of carbonyl (C=O) groups is 1. The molecule has 3 heteroatoms. The van der Waals surface area contributed by atoms with Gasteiger partial charge in [-0.05, 0) is 18.1 Å². The summed E-state index contributed by atoms with van der Waals surface area (Å²) >= 11 is 3.33. The Kier molecular flexibility index (Phi) is 3.48. The monoisotopic (exact) mass is 242 g/mol. The van der Waals surface area contributed by atoms with Crippen LogP contribution in [0.25, 0.3) is 0 Å². The Balaban J connectivity index is 2.85. The Labute approximate surface area is 85.7 Å². The zero-order valence-electron chi connectivity index (χ0n) is 7.33. The highest BCUT2D eigenvalue weighted by Crippen LogP contribution is 2.16. The number of hydrogen-bond acceptors (Lipinski definition) is 1. The summed E-state index contributed by atoms with van der Waals surface area (Å²) in [5, 5.41) is 9.55. The molecule has 0 fully saturated rings. The van der Waals surface area contributed by atoms with Gasteiger partial charge < -0.3 is 5.11 Å². The van der Waals surface area contributed by atoms with E-state index in [0.29, 0.717) is 0 Å². The lowest BCUT2D eigenvalue weighted by Crippen LogP contribution is -2.06. The number of hydrogen-bond donors (Lipinski definition) is 1. The van der Waals surface area contributed by atoms with Crippen LogP contribution >= 0.6 is 15.9 Å². The summed E-state index contributed by atoms with van der Waals surface area (Å²) in [5.41, 5.74) is 2.00. The van der Waals surface area contributed by atoms with Gasteiger partial charge in [0.15, 0.2) is 0 Å². The van der Waals surface area contributed by atoms with Gasteiger partial charge in [-0.25, -0.2) is 0 Å². The summed E-state index contributed by atoms with van der Waals surface area (Å²) in [4.78, 5) is 10.6. The summed E-state index contributed by atoms with van der Waals surface area (Å²) in [7, 11) is 0. The molecule has 0 amide bonds. The number of benzene rings is 1. The van der Waals surface area contributed by atoms with E-state index in [0.717, 1.165) is 16.5 Å². The summed E-state index contributed by atoms with van der Waals surface area (Å²) in [6.45, 7) is 1.69. The molecule has 0 aliphatic carbocycles. The van der Waals surface area contributed by atoms with Crippen molar-refractivity contribution in [3.63, 3.8) is 0 Å². The zero-order valence-corrected chi connectivity index (χ0v) is 8.91. The average Bonchev–Trinajstić information content (AvgIpc) is 2.17. The molecule has 70 valence electrons. The smallest absolute Gasteiger partial charge is 0.310 e. The maximum absolute atomic E-state index is 10.6. The van der Waals surface area contributed by atoms with Gasteiger partial charge in [-0.3, -0.25) is 4.79 Å². The molecule has 13 heavy (non-hydrogen) atoms. The lowest BCUT2D eigenvalue weighted by Gasteiger charge is -2.06. The van der Waals surface area contributed by atoms with Gasteiger partial charge >= 0.3 is 5.97 Å².